The highest BCUT2D eigenvalue weighted by molar-refractivity contribution is 7.12. The Hall–Kier alpha value is -3.42. The van der Waals surface area contributed by atoms with Gasteiger partial charge in [0, 0.05) is 47.8 Å². The summed E-state index contributed by atoms with van der Waals surface area (Å²) in [4.78, 5) is 16.4. The molecular weight excluding hydrogens is 511 g/mol. The zero-order valence-corrected chi connectivity index (χ0v) is 21.8. The highest BCUT2D eigenvalue weighted by atomic mass is 32.1. The monoisotopic (exact) mass is 539 g/mol. The molecule has 0 aliphatic carbocycles. The van der Waals surface area contributed by atoms with Crippen molar-refractivity contribution in [1.29, 1.82) is 5.26 Å². The van der Waals surface area contributed by atoms with E-state index < -0.39 is 11.9 Å². The molecule has 0 saturated carbocycles. The number of thiophene rings is 1. The Morgan fingerprint density at radius 3 is 2.79 bits per heavy atom. The summed E-state index contributed by atoms with van der Waals surface area (Å²) in [7, 11) is 0. The third kappa shape index (κ3) is 5.26. The normalized spacial score (nSPS) is 19.9. The van der Waals surface area contributed by atoms with Crippen LogP contribution in [-0.4, -0.2) is 39.7 Å². The maximum atomic E-state index is 14.0. The van der Waals surface area contributed by atoms with Gasteiger partial charge in [-0.3, -0.25) is 9.48 Å². The zero-order valence-electron chi connectivity index (χ0n) is 21.0. The minimum Gasteiger partial charge on any atom is -0.333 e. The van der Waals surface area contributed by atoms with E-state index in [-0.39, 0.29) is 23.4 Å². The van der Waals surface area contributed by atoms with Gasteiger partial charge in [0.15, 0.2) is 5.69 Å². The zero-order chi connectivity index (χ0) is 26.9. The molecule has 6 nitrogen and oxygen atoms in total. The summed E-state index contributed by atoms with van der Waals surface area (Å²) in [5.74, 6) is -0.531. The topological polar surface area (TPSA) is 74.0 Å². The number of rotatable bonds is 5. The van der Waals surface area contributed by atoms with Crippen LogP contribution in [0.25, 0.3) is 11.1 Å². The number of aromatic nitrogens is 2. The number of amides is 1. The SMILES string of the molecule is CCn1cc(-c2ccccc2[C@@H]2CN(C(=O)/C=C/[C@@H]3CCCCN3)Cc3sc(C#N)cc32)c(C(F)(F)F)n1. The Labute approximate surface area is 223 Å². The van der Waals surface area contributed by atoms with Gasteiger partial charge in [0.05, 0.1) is 6.54 Å². The first-order chi connectivity index (χ1) is 18.3. The lowest BCUT2D eigenvalue weighted by Gasteiger charge is -2.33. The van der Waals surface area contributed by atoms with Gasteiger partial charge >= 0.3 is 6.18 Å². The van der Waals surface area contributed by atoms with E-state index in [1.165, 1.54) is 22.2 Å². The second-order valence-electron chi connectivity index (χ2n) is 9.62. The average Bonchev–Trinajstić information content (AvgIpc) is 3.56. The van der Waals surface area contributed by atoms with Gasteiger partial charge in [-0.1, -0.05) is 36.8 Å². The van der Waals surface area contributed by atoms with Gasteiger partial charge in [0.1, 0.15) is 10.9 Å². The number of piperidine rings is 1. The lowest BCUT2D eigenvalue weighted by molar-refractivity contribution is -0.141. The van der Waals surface area contributed by atoms with Crippen molar-refractivity contribution < 1.29 is 18.0 Å². The van der Waals surface area contributed by atoms with Crippen LogP contribution in [0.4, 0.5) is 13.2 Å². The van der Waals surface area contributed by atoms with Crippen molar-refractivity contribution >= 4 is 17.2 Å². The highest BCUT2D eigenvalue weighted by Crippen LogP contribution is 2.44. The first-order valence-corrected chi connectivity index (χ1v) is 13.6. The number of hydrogen-bond donors (Lipinski definition) is 1. The molecule has 1 aromatic carbocycles. The smallest absolute Gasteiger partial charge is 0.333 e. The van der Waals surface area contributed by atoms with Crippen molar-refractivity contribution in [3.63, 3.8) is 0 Å². The van der Waals surface area contributed by atoms with Crippen molar-refractivity contribution in [3.8, 4) is 17.2 Å². The van der Waals surface area contributed by atoms with Crippen LogP contribution < -0.4 is 5.32 Å². The van der Waals surface area contributed by atoms with E-state index in [4.69, 9.17) is 0 Å². The molecule has 10 heteroatoms. The van der Waals surface area contributed by atoms with Crippen LogP contribution in [-0.2, 0) is 24.1 Å². The summed E-state index contributed by atoms with van der Waals surface area (Å²) < 4.78 is 43.2. The number of alkyl halides is 3. The molecule has 0 spiro atoms. The lowest BCUT2D eigenvalue weighted by Crippen LogP contribution is -2.38. The molecule has 38 heavy (non-hydrogen) atoms. The number of benzene rings is 1. The Morgan fingerprint density at radius 2 is 2.08 bits per heavy atom. The third-order valence-corrected chi connectivity index (χ3v) is 8.22. The molecule has 2 aliphatic rings. The van der Waals surface area contributed by atoms with Crippen molar-refractivity contribution in [2.75, 3.05) is 13.1 Å². The summed E-state index contributed by atoms with van der Waals surface area (Å²) >= 11 is 1.33. The van der Waals surface area contributed by atoms with Crippen molar-refractivity contribution in [2.45, 2.75) is 57.4 Å². The number of halogens is 3. The summed E-state index contributed by atoms with van der Waals surface area (Å²) in [5.41, 5.74) is 1.07. The van der Waals surface area contributed by atoms with E-state index in [9.17, 15) is 23.2 Å². The van der Waals surface area contributed by atoms with Gasteiger partial charge < -0.3 is 10.2 Å². The molecule has 0 radical (unpaired) electrons. The largest absolute Gasteiger partial charge is 0.435 e. The molecule has 2 aliphatic heterocycles. The van der Waals surface area contributed by atoms with Crippen LogP contribution in [0.3, 0.4) is 0 Å². The molecule has 1 fully saturated rings. The minimum absolute atomic E-state index is 0.0129. The van der Waals surface area contributed by atoms with E-state index in [1.807, 2.05) is 18.2 Å². The molecule has 2 atom stereocenters. The molecular formula is C28H28F3N5OS. The predicted molar refractivity (Wildman–Crippen MR) is 139 cm³/mol. The van der Waals surface area contributed by atoms with Crippen LogP contribution in [0.5, 0.6) is 0 Å². The van der Waals surface area contributed by atoms with Crippen LogP contribution in [0.15, 0.2) is 48.7 Å². The predicted octanol–water partition coefficient (Wildman–Crippen LogP) is 5.69. The Kier molecular flexibility index (Phi) is 7.41. The number of aryl methyl sites for hydroxylation is 1. The van der Waals surface area contributed by atoms with Crippen molar-refractivity contribution in [1.82, 2.24) is 20.0 Å². The van der Waals surface area contributed by atoms with Gasteiger partial charge in [-0.15, -0.1) is 11.3 Å². The fourth-order valence-corrected chi connectivity index (χ4v) is 6.33. The second-order valence-corrected chi connectivity index (χ2v) is 10.8. The number of nitrogens with one attached hydrogen (secondary N) is 1. The number of nitriles is 1. The van der Waals surface area contributed by atoms with Gasteiger partial charge in [-0.25, -0.2) is 0 Å². The van der Waals surface area contributed by atoms with Crippen molar-refractivity contribution in [2.24, 2.45) is 0 Å². The van der Waals surface area contributed by atoms with E-state index in [0.717, 1.165) is 36.2 Å². The van der Waals surface area contributed by atoms with Crippen LogP contribution in [0, 0.1) is 11.3 Å². The number of carbonyl (C=O) groups is 1. The van der Waals surface area contributed by atoms with E-state index in [2.05, 4.69) is 16.5 Å². The summed E-state index contributed by atoms with van der Waals surface area (Å²) in [6.45, 7) is 3.64. The lowest BCUT2D eigenvalue weighted by atomic mass is 9.83. The minimum atomic E-state index is -4.61. The maximum Gasteiger partial charge on any atom is 0.435 e. The average molecular weight is 540 g/mol. The Morgan fingerprint density at radius 1 is 1.26 bits per heavy atom. The number of carbonyl (C=O) groups excluding carboxylic acids is 1. The summed E-state index contributed by atoms with van der Waals surface area (Å²) in [5, 5.41) is 16.8. The van der Waals surface area contributed by atoms with Crippen molar-refractivity contribution in [3.05, 3.63) is 75.3 Å². The van der Waals surface area contributed by atoms with Gasteiger partial charge in [-0.2, -0.15) is 23.5 Å². The number of hydrogen-bond acceptors (Lipinski definition) is 5. The van der Waals surface area contributed by atoms with Gasteiger partial charge in [0.2, 0.25) is 5.91 Å². The van der Waals surface area contributed by atoms with E-state index in [0.29, 0.717) is 35.6 Å². The molecule has 1 amide bonds. The Balaban J connectivity index is 1.54. The molecule has 4 heterocycles. The summed E-state index contributed by atoms with van der Waals surface area (Å²) in [6.07, 6.45) is 3.54. The standard InChI is InChI=1S/C28H28F3N5OS/c1-2-36-16-24(27(34-36)28(29,30)31)21-9-4-3-8-20(21)23-15-35(17-25-22(23)13-19(14-32)38-25)26(37)11-10-18-7-5-6-12-33-18/h3-4,8-11,13,16,18,23,33H,2,5-7,12,15,17H2,1H3/b11-10+/t18-,23-/m0/s1. The number of fused-ring (bicyclic) bond motifs is 1. The van der Waals surface area contributed by atoms with Crippen LogP contribution in [0.1, 0.15) is 58.7 Å². The van der Waals surface area contributed by atoms with Crippen LogP contribution in [0.2, 0.25) is 0 Å². The van der Waals surface area contributed by atoms with Gasteiger partial charge in [-0.05, 0) is 49.1 Å². The molecule has 3 aromatic rings. The van der Waals surface area contributed by atoms with Gasteiger partial charge in [0.25, 0.3) is 0 Å². The molecule has 1 N–H and O–H groups in total. The third-order valence-electron chi connectivity index (χ3n) is 7.18. The second kappa shape index (κ2) is 10.8. The molecule has 2 aromatic heterocycles. The van der Waals surface area contributed by atoms with E-state index >= 15 is 0 Å². The molecule has 1 saturated heterocycles. The molecule has 0 bridgehead atoms. The fourth-order valence-electron chi connectivity index (χ4n) is 5.29. The van der Waals surface area contributed by atoms with E-state index in [1.54, 1.807) is 36.1 Å². The highest BCUT2D eigenvalue weighted by Gasteiger charge is 2.39. The maximum absolute atomic E-state index is 14.0. The number of nitrogens with zero attached hydrogens (tertiary/aromatic N) is 4. The molecule has 5 rings (SSSR count). The first-order valence-electron chi connectivity index (χ1n) is 12.8. The summed E-state index contributed by atoms with van der Waals surface area (Å²) in [6, 6.07) is 11.1. The molecule has 0 unspecified atom stereocenters. The quantitative estimate of drug-likeness (QED) is 0.423. The fraction of sp³-hybridized carbons (Fsp3) is 0.393. The first kappa shape index (κ1) is 26.2. The Bertz CT molecular complexity index is 1390. The molecule has 198 valence electrons. The van der Waals surface area contributed by atoms with Crippen LogP contribution >= 0.6 is 11.3 Å².